The highest BCUT2D eigenvalue weighted by Crippen LogP contribution is 2.12. The van der Waals surface area contributed by atoms with Gasteiger partial charge < -0.3 is 15.2 Å². The summed E-state index contributed by atoms with van der Waals surface area (Å²) in [5.41, 5.74) is 6.27. The molecule has 0 fully saturated rings. The van der Waals surface area contributed by atoms with Gasteiger partial charge >= 0.3 is 0 Å². The lowest BCUT2D eigenvalue weighted by atomic mass is 10.2. The van der Waals surface area contributed by atoms with Crippen LogP contribution in [0.15, 0.2) is 18.2 Å². The van der Waals surface area contributed by atoms with Crippen molar-refractivity contribution in [2.24, 2.45) is 0 Å². The molecule has 0 atom stereocenters. The first-order valence-electron chi connectivity index (χ1n) is 3.84. The van der Waals surface area contributed by atoms with Gasteiger partial charge in [0.05, 0.1) is 6.61 Å². The highest BCUT2D eigenvalue weighted by molar-refractivity contribution is 5.40. The Hall–Kier alpha value is -1.13. The molecule has 0 radical (unpaired) electrons. The van der Waals surface area contributed by atoms with Crippen LogP contribution in [0.3, 0.4) is 0 Å². The molecule has 0 unspecified atom stereocenters. The number of benzene rings is 1. The van der Waals surface area contributed by atoms with E-state index in [1.165, 1.54) is 13.2 Å². The van der Waals surface area contributed by atoms with Gasteiger partial charge in [0.25, 0.3) is 0 Å². The minimum absolute atomic E-state index is 0.157. The molecule has 0 amide bonds. The van der Waals surface area contributed by atoms with Crippen molar-refractivity contribution < 1.29 is 13.9 Å². The summed E-state index contributed by atoms with van der Waals surface area (Å²) in [7, 11) is 1.51. The summed E-state index contributed by atoms with van der Waals surface area (Å²) in [5.74, 6) is -0.351. The van der Waals surface area contributed by atoms with Gasteiger partial charge in [0.15, 0.2) is 0 Å². The van der Waals surface area contributed by atoms with Crippen LogP contribution in [0.2, 0.25) is 0 Å². The van der Waals surface area contributed by atoms with Crippen molar-refractivity contribution >= 4 is 5.69 Å². The Balaban J connectivity index is 2.56. The Morgan fingerprint density at radius 3 is 2.85 bits per heavy atom. The number of nitrogen functional groups attached to an aromatic ring is 1. The molecule has 0 saturated heterocycles. The number of hydrogen-bond acceptors (Lipinski definition) is 3. The molecule has 13 heavy (non-hydrogen) atoms. The second-order valence-electron chi connectivity index (χ2n) is 2.61. The number of halogens is 1. The van der Waals surface area contributed by atoms with Gasteiger partial charge in [0.2, 0.25) is 0 Å². The van der Waals surface area contributed by atoms with Crippen molar-refractivity contribution in [2.75, 3.05) is 19.6 Å². The Labute approximate surface area is 76.3 Å². The number of methoxy groups -OCH3 is 1. The minimum Gasteiger partial charge on any atom is -0.399 e. The Bertz CT molecular complexity index is 278. The molecule has 0 heterocycles. The fraction of sp³-hybridized carbons (Fsp3) is 0.333. The predicted molar refractivity (Wildman–Crippen MR) is 47.5 cm³/mol. The smallest absolute Gasteiger partial charge is 0.146 e. The highest BCUT2D eigenvalue weighted by atomic mass is 19.1. The monoisotopic (exact) mass is 185 g/mol. The number of anilines is 1. The van der Waals surface area contributed by atoms with Gasteiger partial charge in [-0.25, -0.2) is 4.39 Å². The molecule has 0 aliphatic rings. The van der Waals surface area contributed by atoms with E-state index in [4.69, 9.17) is 10.5 Å². The average molecular weight is 185 g/mol. The van der Waals surface area contributed by atoms with E-state index in [2.05, 4.69) is 4.74 Å². The van der Waals surface area contributed by atoms with Gasteiger partial charge in [0, 0.05) is 18.4 Å². The van der Waals surface area contributed by atoms with Crippen LogP contribution in [0.25, 0.3) is 0 Å². The van der Waals surface area contributed by atoms with Gasteiger partial charge in [-0.2, -0.15) is 0 Å². The molecule has 1 aromatic carbocycles. The largest absolute Gasteiger partial charge is 0.399 e. The maximum Gasteiger partial charge on any atom is 0.146 e. The standard InChI is InChI=1S/C9H12FNO2/c1-12-6-13-5-7-2-3-8(11)4-9(7)10/h2-4H,5-6,11H2,1H3. The van der Waals surface area contributed by atoms with E-state index in [0.29, 0.717) is 11.3 Å². The van der Waals surface area contributed by atoms with Crippen LogP contribution in [-0.4, -0.2) is 13.9 Å². The Kier molecular flexibility index (Phi) is 3.67. The average Bonchev–Trinajstić information content (AvgIpc) is 2.09. The summed E-state index contributed by atoms with van der Waals surface area (Å²) in [6, 6.07) is 4.50. The van der Waals surface area contributed by atoms with Crippen molar-refractivity contribution in [3.05, 3.63) is 29.6 Å². The SMILES string of the molecule is COCOCc1ccc(N)cc1F. The molecule has 2 N–H and O–H groups in total. The second kappa shape index (κ2) is 4.79. The molecule has 0 bridgehead atoms. The third-order valence-electron chi connectivity index (χ3n) is 1.54. The van der Waals surface area contributed by atoms with Crippen LogP contribution in [0.5, 0.6) is 0 Å². The van der Waals surface area contributed by atoms with E-state index < -0.39 is 0 Å². The van der Waals surface area contributed by atoms with Crippen LogP contribution in [0.4, 0.5) is 10.1 Å². The molecule has 0 spiro atoms. The van der Waals surface area contributed by atoms with Crippen molar-refractivity contribution in [3.63, 3.8) is 0 Å². The summed E-state index contributed by atoms with van der Waals surface area (Å²) in [6.07, 6.45) is 0. The predicted octanol–water partition coefficient (Wildman–Crippen LogP) is 1.53. The number of ether oxygens (including phenoxy) is 2. The zero-order valence-electron chi connectivity index (χ0n) is 7.42. The van der Waals surface area contributed by atoms with Crippen LogP contribution < -0.4 is 5.73 Å². The number of nitrogens with two attached hydrogens (primary N) is 1. The van der Waals surface area contributed by atoms with E-state index in [1.54, 1.807) is 12.1 Å². The number of rotatable bonds is 4. The molecular formula is C9H12FNO2. The summed E-state index contributed by atoms with van der Waals surface area (Å²) in [6.45, 7) is 0.351. The summed E-state index contributed by atoms with van der Waals surface area (Å²) in [5, 5.41) is 0. The third kappa shape index (κ3) is 3.01. The normalized spacial score (nSPS) is 10.3. The molecular weight excluding hydrogens is 173 g/mol. The Morgan fingerprint density at radius 1 is 1.46 bits per heavy atom. The minimum atomic E-state index is -0.351. The van der Waals surface area contributed by atoms with Crippen LogP contribution in [-0.2, 0) is 16.1 Å². The molecule has 3 nitrogen and oxygen atoms in total. The zero-order chi connectivity index (χ0) is 9.68. The highest BCUT2D eigenvalue weighted by Gasteiger charge is 2.01. The van der Waals surface area contributed by atoms with Crippen molar-refractivity contribution in [3.8, 4) is 0 Å². The topological polar surface area (TPSA) is 44.5 Å². The van der Waals surface area contributed by atoms with Gasteiger partial charge in [0.1, 0.15) is 12.6 Å². The van der Waals surface area contributed by atoms with Crippen LogP contribution in [0, 0.1) is 5.82 Å². The molecule has 0 aromatic heterocycles. The fourth-order valence-corrected chi connectivity index (χ4v) is 0.916. The summed E-state index contributed by atoms with van der Waals surface area (Å²) < 4.78 is 22.7. The lowest BCUT2D eigenvalue weighted by molar-refractivity contribution is -0.0398. The molecule has 1 rings (SSSR count). The number of hydrogen-bond donors (Lipinski definition) is 1. The first kappa shape index (κ1) is 9.95. The van der Waals surface area contributed by atoms with E-state index >= 15 is 0 Å². The lowest BCUT2D eigenvalue weighted by Crippen LogP contribution is -1.99. The molecule has 0 saturated carbocycles. The Morgan fingerprint density at radius 2 is 2.23 bits per heavy atom. The molecule has 0 aliphatic heterocycles. The van der Waals surface area contributed by atoms with Crippen LogP contribution in [0.1, 0.15) is 5.56 Å². The maximum atomic E-state index is 13.1. The van der Waals surface area contributed by atoms with E-state index in [-0.39, 0.29) is 19.2 Å². The molecule has 4 heteroatoms. The van der Waals surface area contributed by atoms with E-state index in [0.717, 1.165) is 0 Å². The molecule has 72 valence electrons. The summed E-state index contributed by atoms with van der Waals surface area (Å²) in [4.78, 5) is 0. The van der Waals surface area contributed by atoms with Gasteiger partial charge in [-0.15, -0.1) is 0 Å². The van der Waals surface area contributed by atoms with E-state index in [1.807, 2.05) is 0 Å². The van der Waals surface area contributed by atoms with Crippen molar-refractivity contribution in [1.82, 2.24) is 0 Å². The van der Waals surface area contributed by atoms with Gasteiger partial charge in [-0.3, -0.25) is 0 Å². The van der Waals surface area contributed by atoms with E-state index in [9.17, 15) is 4.39 Å². The fourth-order valence-electron chi connectivity index (χ4n) is 0.916. The third-order valence-corrected chi connectivity index (χ3v) is 1.54. The second-order valence-corrected chi connectivity index (χ2v) is 2.61. The van der Waals surface area contributed by atoms with Crippen molar-refractivity contribution in [2.45, 2.75) is 6.61 Å². The maximum absolute atomic E-state index is 13.1. The van der Waals surface area contributed by atoms with Crippen LogP contribution >= 0.6 is 0 Å². The van der Waals surface area contributed by atoms with Crippen molar-refractivity contribution in [1.29, 1.82) is 0 Å². The van der Waals surface area contributed by atoms with Gasteiger partial charge in [-0.1, -0.05) is 6.07 Å². The molecule has 1 aromatic rings. The quantitative estimate of drug-likeness (QED) is 0.439. The lowest BCUT2D eigenvalue weighted by Gasteiger charge is -2.04. The summed E-state index contributed by atoms with van der Waals surface area (Å²) >= 11 is 0. The van der Waals surface area contributed by atoms with Gasteiger partial charge in [-0.05, 0) is 12.1 Å². The zero-order valence-corrected chi connectivity index (χ0v) is 7.42. The first-order chi connectivity index (χ1) is 6.24. The first-order valence-corrected chi connectivity index (χ1v) is 3.84. The molecule has 0 aliphatic carbocycles.